The Balaban J connectivity index is 1.77. The van der Waals surface area contributed by atoms with E-state index >= 15 is 0 Å². The van der Waals surface area contributed by atoms with Gasteiger partial charge in [-0.05, 0) is 68.4 Å². The molecule has 1 fully saturated rings. The number of carbonyl (C=O) groups is 1. The molecular weight excluding hydrogens is 371 g/mol. The van der Waals surface area contributed by atoms with Crippen molar-refractivity contribution in [3.05, 3.63) is 53.8 Å². The van der Waals surface area contributed by atoms with Gasteiger partial charge in [0.05, 0.1) is 16.8 Å². The van der Waals surface area contributed by atoms with Gasteiger partial charge >= 0.3 is 0 Å². The predicted molar refractivity (Wildman–Crippen MR) is 111 cm³/mol. The first kappa shape index (κ1) is 19.1. The summed E-state index contributed by atoms with van der Waals surface area (Å²) in [5.74, 6) is -1.11. The van der Waals surface area contributed by atoms with Gasteiger partial charge in [0.15, 0.2) is 0 Å². The number of fused-ring (bicyclic) bond motifs is 1. The molecule has 0 atom stereocenters. The van der Waals surface area contributed by atoms with Gasteiger partial charge in [-0.1, -0.05) is 0 Å². The van der Waals surface area contributed by atoms with Gasteiger partial charge in [-0.15, -0.1) is 0 Å². The third kappa shape index (κ3) is 4.14. The SMILES string of the molecule is NC(=O)c1cc(F)cc2c(NCCN3CCCC3)cc(-c3ccc(O)cc3)nc12. The number of primary amides is 1. The van der Waals surface area contributed by atoms with E-state index in [9.17, 15) is 14.3 Å². The van der Waals surface area contributed by atoms with Crippen molar-refractivity contribution in [1.82, 2.24) is 9.88 Å². The minimum atomic E-state index is -0.729. The molecule has 2 heterocycles. The first-order chi connectivity index (χ1) is 14.0. The maximum Gasteiger partial charge on any atom is 0.251 e. The number of carbonyl (C=O) groups excluding carboxylic acids is 1. The molecule has 1 saturated heterocycles. The molecule has 0 radical (unpaired) electrons. The average molecular weight is 394 g/mol. The summed E-state index contributed by atoms with van der Waals surface area (Å²) < 4.78 is 14.2. The number of benzene rings is 2. The minimum Gasteiger partial charge on any atom is -0.508 e. The number of nitrogens with two attached hydrogens (primary N) is 1. The molecule has 1 aromatic heterocycles. The molecule has 2 aromatic carbocycles. The molecule has 0 spiro atoms. The second-order valence-electron chi connectivity index (χ2n) is 7.29. The monoisotopic (exact) mass is 394 g/mol. The van der Waals surface area contributed by atoms with E-state index in [1.165, 1.54) is 18.9 Å². The van der Waals surface area contributed by atoms with Gasteiger partial charge in [0, 0.05) is 29.7 Å². The second kappa shape index (κ2) is 8.05. The number of phenols is 1. The van der Waals surface area contributed by atoms with Crippen molar-refractivity contribution in [1.29, 1.82) is 0 Å². The Morgan fingerprint density at radius 3 is 2.59 bits per heavy atom. The van der Waals surface area contributed by atoms with Crippen molar-refractivity contribution in [2.75, 3.05) is 31.5 Å². The van der Waals surface area contributed by atoms with E-state index in [0.717, 1.165) is 31.3 Å². The normalized spacial score (nSPS) is 14.4. The van der Waals surface area contributed by atoms with E-state index in [1.54, 1.807) is 24.3 Å². The van der Waals surface area contributed by atoms with E-state index in [0.29, 0.717) is 28.8 Å². The molecule has 3 aromatic rings. The zero-order valence-corrected chi connectivity index (χ0v) is 16.0. The molecule has 1 amide bonds. The van der Waals surface area contributed by atoms with E-state index in [4.69, 9.17) is 5.73 Å². The Bertz CT molecular complexity index is 1050. The third-order valence-corrected chi connectivity index (χ3v) is 5.25. The lowest BCUT2D eigenvalue weighted by molar-refractivity contribution is 0.100. The fourth-order valence-corrected chi connectivity index (χ4v) is 3.76. The topological polar surface area (TPSA) is 91.5 Å². The summed E-state index contributed by atoms with van der Waals surface area (Å²) in [6, 6.07) is 10.9. The lowest BCUT2D eigenvalue weighted by atomic mass is 10.0. The number of phenolic OH excluding ortho intramolecular Hbond substituents is 1. The highest BCUT2D eigenvalue weighted by Gasteiger charge is 2.16. The van der Waals surface area contributed by atoms with Crippen LogP contribution in [0.2, 0.25) is 0 Å². The lowest BCUT2D eigenvalue weighted by Crippen LogP contribution is -2.26. The number of pyridine rings is 1. The van der Waals surface area contributed by atoms with E-state index in [2.05, 4.69) is 15.2 Å². The number of aromatic nitrogens is 1. The van der Waals surface area contributed by atoms with Crippen LogP contribution in [0, 0.1) is 5.82 Å². The highest BCUT2D eigenvalue weighted by atomic mass is 19.1. The van der Waals surface area contributed by atoms with Crippen LogP contribution in [0.5, 0.6) is 5.75 Å². The van der Waals surface area contributed by atoms with E-state index < -0.39 is 11.7 Å². The molecule has 7 heteroatoms. The quantitative estimate of drug-likeness (QED) is 0.596. The number of nitrogens with zero attached hydrogens (tertiary/aromatic N) is 2. The molecule has 4 N–H and O–H groups in total. The molecule has 29 heavy (non-hydrogen) atoms. The average Bonchev–Trinajstić information content (AvgIpc) is 3.21. The van der Waals surface area contributed by atoms with Gasteiger partial charge in [-0.25, -0.2) is 9.37 Å². The fraction of sp³-hybridized carbons (Fsp3) is 0.273. The minimum absolute atomic E-state index is 0.0446. The summed E-state index contributed by atoms with van der Waals surface area (Å²) in [7, 11) is 0. The third-order valence-electron chi connectivity index (χ3n) is 5.25. The van der Waals surface area contributed by atoms with Crippen molar-refractivity contribution in [2.45, 2.75) is 12.8 Å². The second-order valence-corrected chi connectivity index (χ2v) is 7.29. The standard InChI is InChI=1S/C22H23FN4O2/c23-15-11-17-20(25-7-10-27-8-1-2-9-27)13-19(14-3-5-16(28)6-4-14)26-21(17)18(12-15)22(24)29/h3-6,11-13,28H,1-2,7-10H2,(H2,24,29)(H,25,26). The van der Waals surface area contributed by atoms with Crippen LogP contribution in [0.4, 0.5) is 10.1 Å². The maximum atomic E-state index is 14.2. The summed E-state index contributed by atoms with van der Waals surface area (Å²) >= 11 is 0. The van der Waals surface area contributed by atoms with Crippen LogP contribution in [0.25, 0.3) is 22.2 Å². The van der Waals surface area contributed by atoms with Crippen LogP contribution in [0.3, 0.4) is 0 Å². The first-order valence-electron chi connectivity index (χ1n) is 9.71. The Hall–Kier alpha value is -3.19. The van der Waals surface area contributed by atoms with Crippen molar-refractivity contribution in [3.63, 3.8) is 0 Å². The molecular formula is C22H23FN4O2. The smallest absolute Gasteiger partial charge is 0.251 e. The number of amides is 1. The maximum absolute atomic E-state index is 14.2. The number of anilines is 1. The molecule has 4 rings (SSSR count). The van der Waals surface area contributed by atoms with Crippen molar-refractivity contribution in [2.24, 2.45) is 5.73 Å². The van der Waals surface area contributed by atoms with Crippen LogP contribution < -0.4 is 11.1 Å². The van der Waals surface area contributed by atoms with Gasteiger partial charge in [-0.3, -0.25) is 4.79 Å². The lowest BCUT2D eigenvalue weighted by Gasteiger charge is -2.17. The molecule has 0 unspecified atom stereocenters. The van der Waals surface area contributed by atoms with E-state index in [1.807, 2.05) is 6.07 Å². The number of rotatable bonds is 6. The molecule has 6 nitrogen and oxygen atoms in total. The summed E-state index contributed by atoms with van der Waals surface area (Å²) in [4.78, 5) is 18.9. The van der Waals surface area contributed by atoms with Crippen LogP contribution >= 0.6 is 0 Å². The van der Waals surface area contributed by atoms with Crippen LogP contribution in [-0.2, 0) is 0 Å². The highest BCUT2D eigenvalue weighted by Crippen LogP contribution is 2.31. The number of halogens is 1. The Labute approximate surface area is 168 Å². The molecule has 0 bridgehead atoms. The van der Waals surface area contributed by atoms with Crippen LogP contribution in [0.15, 0.2) is 42.5 Å². The van der Waals surface area contributed by atoms with Crippen LogP contribution in [0.1, 0.15) is 23.2 Å². The van der Waals surface area contributed by atoms with Crippen molar-refractivity contribution >= 4 is 22.5 Å². The van der Waals surface area contributed by atoms with Gasteiger partial charge in [0.25, 0.3) is 5.91 Å². The number of hydrogen-bond acceptors (Lipinski definition) is 5. The largest absolute Gasteiger partial charge is 0.508 e. The zero-order chi connectivity index (χ0) is 20.4. The molecule has 1 aliphatic rings. The number of likely N-dealkylation sites (tertiary alicyclic amines) is 1. The Morgan fingerprint density at radius 1 is 1.17 bits per heavy atom. The van der Waals surface area contributed by atoms with Gasteiger partial charge in [-0.2, -0.15) is 0 Å². The summed E-state index contributed by atoms with van der Waals surface area (Å²) in [6.07, 6.45) is 2.44. The highest BCUT2D eigenvalue weighted by molar-refractivity contribution is 6.08. The molecule has 1 aliphatic heterocycles. The van der Waals surface area contributed by atoms with Crippen LogP contribution in [-0.4, -0.2) is 47.1 Å². The Morgan fingerprint density at radius 2 is 1.90 bits per heavy atom. The van der Waals surface area contributed by atoms with Crippen molar-refractivity contribution < 1.29 is 14.3 Å². The fourth-order valence-electron chi connectivity index (χ4n) is 3.76. The number of hydrogen-bond donors (Lipinski definition) is 3. The summed E-state index contributed by atoms with van der Waals surface area (Å²) in [6.45, 7) is 3.77. The first-order valence-corrected chi connectivity index (χ1v) is 9.71. The number of nitrogens with one attached hydrogen (secondary N) is 1. The van der Waals surface area contributed by atoms with Gasteiger partial charge in [0.1, 0.15) is 11.6 Å². The van der Waals surface area contributed by atoms with Crippen molar-refractivity contribution in [3.8, 4) is 17.0 Å². The van der Waals surface area contributed by atoms with Gasteiger partial charge < -0.3 is 21.1 Å². The Kier molecular flexibility index (Phi) is 5.31. The van der Waals surface area contributed by atoms with E-state index in [-0.39, 0.29) is 11.3 Å². The number of aromatic hydroxyl groups is 1. The summed E-state index contributed by atoms with van der Waals surface area (Å²) in [5.41, 5.74) is 7.95. The molecule has 0 saturated carbocycles. The zero-order valence-electron chi connectivity index (χ0n) is 16.0. The predicted octanol–water partition coefficient (Wildman–Crippen LogP) is 3.35. The molecule has 0 aliphatic carbocycles. The summed E-state index contributed by atoms with van der Waals surface area (Å²) in [5, 5.41) is 13.5. The molecule has 150 valence electrons. The van der Waals surface area contributed by atoms with Gasteiger partial charge in [0.2, 0.25) is 0 Å².